The number of carbonyl (C=O) groups is 1. The summed E-state index contributed by atoms with van der Waals surface area (Å²) in [7, 11) is -4.56. The monoisotopic (exact) mass is 439 g/mol. The summed E-state index contributed by atoms with van der Waals surface area (Å²) >= 11 is 0. The number of benzene rings is 2. The van der Waals surface area contributed by atoms with E-state index in [1.54, 1.807) is 32.9 Å². The maximum Gasteiger partial charge on any atom is 0.350 e. The number of urea groups is 1. The summed E-state index contributed by atoms with van der Waals surface area (Å²) in [6.07, 6.45) is 4.30. The molecule has 0 unspecified atom stereocenters. The molecule has 0 bridgehead atoms. The van der Waals surface area contributed by atoms with Crippen molar-refractivity contribution in [2.45, 2.75) is 25.7 Å². The highest BCUT2D eigenvalue weighted by Gasteiger charge is 2.33. The Bertz CT molecular complexity index is 1370. The van der Waals surface area contributed by atoms with Gasteiger partial charge in [0.15, 0.2) is 5.58 Å². The van der Waals surface area contributed by atoms with Gasteiger partial charge >= 0.3 is 11.7 Å². The first-order valence-electron chi connectivity index (χ1n) is 9.28. The fourth-order valence-corrected chi connectivity index (χ4v) is 4.79. The maximum atomic E-state index is 13.3. The number of nitrogens with two attached hydrogens (primary N) is 1. The molecular weight excluding hydrogens is 418 g/mol. The minimum absolute atomic E-state index is 0.135. The van der Waals surface area contributed by atoms with Crippen LogP contribution in [0.15, 0.2) is 67.7 Å². The lowest BCUT2D eigenvalue weighted by Gasteiger charge is -2.18. The Morgan fingerprint density at radius 1 is 1.06 bits per heavy atom. The number of hydrazone groups is 1. The molecule has 31 heavy (non-hydrogen) atoms. The lowest BCUT2D eigenvalue weighted by molar-refractivity contribution is 0.233. The molecule has 160 valence electrons. The van der Waals surface area contributed by atoms with Crippen LogP contribution in [0.25, 0.3) is 17.0 Å². The lowest BCUT2D eigenvalue weighted by atomic mass is 10.0. The molecule has 9 heteroatoms. The highest BCUT2D eigenvalue weighted by atomic mass is 32.2. The van der Waals surface area contributed by atoms with Crippen LogP contribution in [0.3, 0.4) is 0 Å². The van der Waals surface area contributed by atoms with Crippen molar-refractivity contribution in [1.29, 1.82) is 0 Å². The molecular formula is C22H21N3O5S. The number of primary amides is 1. The van der Waals surface area contributed by atoms with Gasteiger partial charge in [0.2, 0.25) is 0 Å². The normalized spacial score (nSPS) is 12.1. The molecule has 1 aromatic heterocycles. The molecule has 0 aliphatic heterocycles. The van der Waals surface area contributed by atoms with Crippen LogP contribution in [0.2, 0.25) is 0 Å². The van der Waals surface area contributed by atoms with Crippen molar-refractivity contribution < 1.29 is 17.6 Å². The summed E-state index contributed by atoms with van der Waals surface area (Å²) in [4.78, 5) is 23.6. The predicted molar refractivity (Wildman–Crippen MR) is 119 cm³/mol. The van der Waals surface area contributed by atoms with Gasteiger partial charge in [-0.25, -0.2) is 9.59 Å². The third-order valence-electron chi connectivity index (χ3n) is 4.57. The first-order valence-corrected chi connectivity index (χ1v) is 10.7. The Labute approximate surface area is 179 Å². The Hall–Kier alpha value is -3.72. The largest absolute Gasteiger partial charge is 0.421 e. The molecule has 0 spiro atoms. The number of aryl methyl sites for hydroxylation is 3. The number of amides is 2. The van der Waals surface area contributed by atoms with E-state index in [0.717, 1.165) is 17.3 Å². The SMILES string of the molecule is Cc1cc(C)c2c(C)cc(=O)oc2c1S(=O)(=O)N(/N=C\C=C\c1ccccc1)C(N)=O. The van der Waals surface area contributed by atoms with Crippen LogP contribution < -0.4 is 11.4 Å². The van der Waals surface area contributed by atoms with Gasteiger partial charge in [-0.2, -0.15) is 13.5 Å². The molecule has 2 amide bonds. The van der Waals surface area contributed by atoms with Gasteiger partial charge in [-0.15, -0.1) is 0 Å². The molecule has 3 aromatic rings. The molecule has 0 fully saturated rings. The zero-order valence-corrected chi connectivity index (χ0v) is 18.0. The number of nitrogens with zero attached hydrogens (tertiary/aromatic N) is 2. The fraction of sp³-hybridized carbons (Fsp3) is 0.136. The number of carbonyl (C=O) groups excluding carboxylic acids is 1. The van der Waals surface area contributed by atoms with Crippen LogP contribution in [-0.4, -0.2) is 25.1 Å². The second kappa shape index (κ2) is 8.57. The Kier molecular flexibility index (Phi) is 6.07. The van der Waals surface area contributed by atoms with Crippen LogP contribution in [0, 0.1) is 20.8 Å². The van der Waals surface area contributed by atoms with Crippen LogP contribution in [0.4, 0.5) is 4.79 Å². The van der Waals surface area contributed by atoms with Crippen molar-refractivity contribution in [3.63, 3.8) is 0 Å². The molecule has 0 saturated carbocycles. The number of hydrogen-bond acceptors (Lipinski definition) is 6. The van der Waals surface area contributed by atoms with Gasteiger partial charge in [-0.3, -0.25) is 0 Å². The Morgan fingerprint density at radius 3 is 2.35 bits per heavy atom. The van der Waals surface area contributed by atoms with E-state index in [9.17, 15) is 18.0 Å². The minimum atomic E-state index is -4.56. The summed E-state index contributed by atoms with van der Waals surface area (Å²) in [5.41, 5.74) is 6.91. The van der Waals surface area contributed by atoms with Crippen molar-refractivity contribution in [1.82, 2.24) is 4.41 Å². The molecule has 8 nitrogen and oxygen atoms in total. The van der Waals surface area contributed by atoms with Gasteiger partial charge in [0.25, 0.3) is 10.0 Å². The van der Waals surface area contributed by atoms with Gasteiger partial charge in [0.05, 0.1) is 0 Å². The first-order chi connectivity index (χ1) is 14.6. The second-order valence-electron chi connectivity index (χ2n) is 6.91. The summed E-state index contributed by atoms with van der Waals surface area (Å²) in [5.74, 6) is 0. The van der Waals surface area contributed by atoms with Crippen LogP contribution in [0.5, 0.6) is 0 Å². The lowest BCUT2D eigenvalue weighted by Crippen LogP contribution is -2.37. The van der Waals surface area contributed by atoms with E-state index in [1.807, 2.05) is 30.3 Å². The molecule has 0 atom stereocenters. The number of hydrogen-bond donors (Lipinski definition) is 1. The topological polar surface area (TPSA) is 123 Å². The molecule has 2 N–H and O–H groups in total. The predicted octanol–water partition coefficient (Wildman–Crippen LogP) is 3.49. The zero-order chi connectivity index (χ0) is 22.8. The Morgan fingerprint density at radius 2 is 1.71 bits per heavy atom. The van der Waals surface area contributed by atoms with E-state index in [-0.39, 0.29) is 14.9 Å². The average Bonchev–Trinajstić information content (AvgIpc) is 2.66. The molecule has 1 heterocycles. The van der Waals surface area contributed by atoms with E-state index in [1.165, 1.54) is 12.1 Å². The zero-order valence-electron chi connectivity index (χ0n) is 17.2. The highest BCUT2D eigenvalue weighted by Crippen LogP contribution is 2.32. The molecule has 0 saturated heterocycles. The maximum absolute atomic E-state index is 13.3. The smallest absolute Gasteiger partial charge is 0.350 e. The second-order valence-corrected chi connectivity index (χ2v) is 8.62. The van der Waals surface area contributed by atoms with Crippen molar-refractivity contribution in [2.75, 3.05) is 0 Å². The number of allylic oxidation sites excluding steroid dienone is 1. The molecule has 0 aliphatic rings. The molecule has 3 rings (SSSR count). The van der Waals surface area contributed by atoms with Gasteiger partial charge in [0.1, 0.15) is 4.90 Å². The summed E-state index contributed by atoms with van der Waals surface area (Å²) in [5, 5.41) is 4.21. The molecule has 0 aliphatic carbocycles. The van der Waals surface area contributed by atoms with E-state index in [2.05, 4.69) is 5.10 Å². The third-order valence-corrected chi connectivity index (χ3v) is 6.32. The standard InChI is InChI=1S/C22H21N3O5S/c1-14-12-16(3)21(20-19(14)15(2)13-18(26)30-20)31(28,29)25(22(23)27)24-11-7-10-17-8-5-4-6-9-17/h4-13H,1-3H3,(H2,23,27)/b10-7+,24-11-. The summed E-state index contributed by atoms with van der Waals surface area (Å²) in [6.45, 7) is 4.99. The van der Waals surface area contributed by atoms with E-state index in [0.29, 0.717) is 16.5 Å². The number of fused-ring (bicyclic) bond motifs is 1. The van der Waals surface area contributed by atoms with Crippen molar-refractivity contribution in [3.05, 3.63) is 81.2 Å². The van der Waals surface area contributed by atoms with Gasteiger partial charge in [0, 0.05) is 17.7 Å². The van der Waals surface area contributed by atoms with E-state index >= 15 is 0 Å². The molecule has 0 radical (unpaired) electrons. The van der Waals surface area contributed by atoms with Crippen molar-refractivity contribution in [3.8, 4) is 0 Å². The third kappa shape index (κ3) is 4.41. The van der Waals surface area contributed by atoms with Gasteiger partial charge in [-0.05, 0) is 49.1 Å². The van der Waals surface area contributed by atoms with Crippen LogP contribution in [-0.2, 0) is 10.0 Å². The summed E-state index contributed by atoms with van der Waals surface area (Å²) in [6, 6.07) is 10.9. The van der Waals surface area contributed by atoms with Crippen molar-refractivity contribution in [2.24, 2.45) is 10.8 Å². The number of rotatable bonds is 5. The highest BCUT2D eigenvalue weighted by molar-refractivity contribution is 7.89. The van der Waals surface area contributed by atoms with E-state index in [4.69, 9.17) is 10.2 Å². The summed E-state index contributed by atoms with van der Waals surface area (Å²) < 4.78 is 32.1. The minimum Gasteiger partial charge on any atom is -0.421 e. The fourth-order valence-electron chi connectivity index (χ4n) is 3.36. The van der Waals surface area contributed by atoms with Crippen molar-refractivity contribution >= 4 is 39.3 Å². The van der Waals surface area contributed by atoms with Gasteiger partial charge < -0.3 is 10.2 Å². The Balaban J connectivity index is 2.13. The van der Waals surface area contributed by atoms with Crippen LogP contribution >= 0.6 is 0 Å². The first kappa shape index (κ1) is 22.0. The number of sulfonamides is 1. The van der Waals surface area contributed by atoms with Gasteiger partial charge in [-0.1, -0.05) is 46.9 Å². The van der Waals surface area contributed by atoms with E-state index < -0.39 is 21.7 Å². The average molecular weight is 439 g/mol. The van der Waals surface area contributed by atoms with Crippen LogP contribution in [0.1, 0.15) is 22.3 Å². The molecule has 2 aromatic carbocycles. The quantitative estimate of drug-likeness (QED) is 0.370.